The van der Waals surface area contributed by atoms with Gasteiger partial charge in [0.05, 0.1) is 8.45 Å². The lowest BCUT2D eigenvalue weighted by Crippen LogP contribution is -2.10. The van der Waals surface area contributed by atoms with Crippen molar-refractivity contribution in [3.63, 3.8) is 0 Å². The molecule has 94 valence electrons. The van der Waals surface area contributed by atoms with E-state index >= 15 is 0 Å². The van der Waals surface area contributed by atoms with Crippen LogP contribution in [0.1, 0.15) is 15.9 Å². The molecule has 3 nitrogen and oxygen atoms in total. The van der Waals surface area contributed by atoms with Crippen LogP contribution in [0.4, 0.5) is 5.69 Å². The van der Waals surface area contributed by atoms with Crippen molar-refractivity contribution in [1.29, 1.82) is 0 Å². The molecule has 1 heterocycles. The molecule has 0 unspecified atom stereocenters. The van der Waals surface area contributed by atoms with Gasteiger partial charge in [-0.05, 0) is 52.8 Å². The second-order valence-corrected chi connectivity index (χ2v) is 6.57. The average Bonchev–Trinajstić information content (AvgIpc) is 2.79. The highest BCUT2D eigenvalue weighted by molar-refractivity contribution is 14.1. The van der Waals surface area contributed by atoms with Crippen LogP contribution in [0.25, 0.3) is 0 Å². The third-order valence-electron chi connectivity index (χ3n) is 2.44. The Morgan fingerprint density at radius 2 is 2.06 bits per heavy atom. The number of anilines is 1. The Morgan fingerprint density at radius 1 is 1.33 bits per heavy atom. The van der Waals surface area contributed by atoms with Crippen molar-refractivity contribution in [2.75, 3.05) is 11.9 Å². The Labute approximate surface area is 123 Å². The molecule has 1 amide bonds. The molecular weight excluding hydrogens is 361 g/mol. The number of nitrogens with one attached hydrogen (secondary N) is 1. The first-order chi connectivity index (χ1) is 8.69. The monoisotopic (exact) mass is 373 g/mol. The molecule has 0 spiro atoms. The topological polar surface area (TPSA) is 49.3 Å². The summed E-state index contributed by atoms with van der Waals surface area (Å²) in [6.45, 7) is 0.138. The first-order valence-corrected chi connectivity index (χ1v) is 7.40. The second kappa shape index (κ2) is 6.31. The van der Waals surface area contributed by atoms with E-state index in [9.17, 15) is 4.79 Å². The zero-order valence-corrected chi connectivity index (χ0v) is 12.5. The molecule has 5 heteroatoms. The minimum atomic E-state index is -0.0934. The van der Waals surface area contributed by atoms with Gasteiger partial charge in [-0.3, -0.25) is 4.79 Å². The van der Waals surface area contributed by atoms with Crippen LogP contribution < -0.4 is 5.32 Å². The molecule has 0 saturated carbocycles. The molecule has 18 heavy (non-hydrogen) atoms. The van der Waals surface area contributed by atoms with Crippen LogP contribution in [0.15, 0.2) is 35.7 Å². The average molecular weight is 373 g/mol. The van der Waals surface area contributed by atoms with Crippen molar-refractivity contribution in [2.45, 2.75) is 6.42 Å². The quantitative estimate of drug-likeness (QED) is 0.810. The minimum absolute atomic E-state index is 0.0934. The number of thiophene rings is 1. The van der Waals surface area contributed by atoms with Gasteiger partial charge in [0.15, 0.2) is 0 Å². The lowest BCUT2D eigenvalue weighted by molar-refractivity contribution is 0.102. The Balaban J connectivity index is 2.03. The van der Waals surface area contributed by atoms with Gasteiger partial charge in [0, 0.05) is 17.7 Å². The van der Waals surface area contributed by atoms with E-state index in [1.54, 1.807) is 11.3 Å². The standard InChI is InChI=1S/C13H12INO2S/c14-12-7-10(8-18-12)13(17)15-11-3-1-9(2-4-11)5-6-16/h1-4,7-8,16H,5-6H2,(H,15,17). The molecule has 1 aromatic carbocycles. The van der Waals surface area contributed by atoms with E-state index in [4.69, 9.17) is 5.11 Å². The van der Waals surface area contributed by atoms with Crippen LogP contribution in [0, 0.1) is 2.88 Å². The number of aliphatic hydroxyl groups is 1. The van der Waals surface area contributed by atoms with Crippen LogP contribution in [-0.4, -0.2) is 17.6 Å². The summed E-state index contributed by atoms with van der Waals surface area (Å²) in [6.07, 6.45) is 0.636. The highest BCUT2D eigenvalue weighted by Gasteiger charge is 2.07. The first-order valence-electron chi connectivity index (χ1n) is 5.44. The Morgan fingerprint density at radius 3 is 2.61 bits per heavy atom. The maximum absolute atomic E-state index is 11.9. The number of aliphatic hydroxyl groups excluding tert-OH is 1. The van der Waals surface area contributed by atoms with Gasteiger partial charge in [0.2, 0.25) is 0 Å². The van der Waals surface area contributed by atoms with Crippen molar-refractivity contribution in [2.24, 2.45) is 0 Å². The van der Waals surface area contributed by atoms with Crippen molar-refractivity contribution >= 4 is 45.5 Å². The fourth-order valence-electron chi connectivity index (χ4n) is 1.52. The van der Waals surface area contributed by atoms with Gasteiger partial charge in [-0.15, -0.1) is 11.3 Å². The Kier molecular flexibility index (Phi) is 4.73. The molecular formula is C13H12INO2S. The molecule has 2 rings (SSSR count). The highest BCUT2D eigenvalue weighted by Crippen LogP contribution is 2.18. The molecule has 0 aliphatic carbocycles. The van der Waals surface area contributed by atoms with Crippen LogP contribution in [0.2, 0.25) is 0 Å². The highest BCUT2D eigenvalue weighted by atomic mass is 127. The summed E-state index contributed by atoms with van der Waals surface area (Å²) < 4.78 is 1.09. The summed E-state index contributed by atoms with van der Waals surface area (Å²) in [4.78, 5) is 11.9. The molecule has 2 N–H and O–H groups in total. The summed E-state index contributed by atoms with van der Waals surface area (Å²) in [7, 11) is 0. The van der Waals surface area contributed by atoms with Crippen LogP contribution in [0.3, 0.4) is 0 Å². The lowest BCUT2D eigenvalue weighted by Gasteiger charge is -2.05. The third kappa shape index (κ3) is 3.54. The largest absolute Gasteiger partial charge is 0.396 e. The van der Waals surface area contributed by atoms with E-state index in [-0.39, 0.29) is 12.5 Å². The molecule has 2 aromatic rings. The molecule has 0 saturated heterocycles. The van der Waals surface area contributed by atoms with Gasteiger partial charge >= 0.3 is 0 Å². The molecule has 0 bridgehead atoms. The summed E-state index contributed by atoms with van der Waals surface area (Å²) in [6, 6.07) is 9.37. The lowest BCUT2D eigenvalue weighted by atomic mass is 10.1. The van der Waals surface area contributed by atoms with Crippen molar-refractivity contribution in [1.82, 2.24) is 0 Å². The predicted octanol–water partition coefficient (Wildman–Crippen LogP) is 3.14. The number of halogens is 1. The maximum atomic E-state index is 11.9. The van der Waals surface area contributed by atoms with E-state index in [1.165, 1.54) is 0 Å². The molecule has 0 radical (unpaired) electrons. The van der Waals surface area contributed by atoms with E-state index in [1.807, 2.05) is 35.7 Å². The van der Waals surface area contributed by atoms with Crippen LogP contribution in [-0.2, 0) is 6.42 Å². The van der Waals surface area contributed by atoms with Crippen molar-refractivity contribution < 1.29 is 9.90 Å². The summed E-state index contributed by atoms with van der Waals surface area (Å²) in [5.41, 5.74) is 2.51. The fourth-order valence-corrected chi connectivity index (χ4v) is 2.84. The number of hydrogen-bond donors (Lipinski definition) is 2. The number of carbonyl (C=O) groups is 1. The number of benzene rings is 1. The molecule has 0 aliphatic heterocycles. The first kappa shape index (κ1) is 13.5. The minimum Gasteiger partial charge on any atom is -0.396 e. The van der Waals surface area contributed by atoms with Crippen LogP contribution >= 0.6 is 33.9 Å². The predicted molar refractivity (Wildman–Crippen MR) is 82.2 cm³/mol. The van der Waals surface area contributed by atoms with E-state index < -0.39 is 0 Å². The zero-order valence-electron chi connectivity index (χ0n) is 9.52. The van der Waals surface area contributed by atoms with Gasteiger partial charge in [-0.25, -0.2) is 0 Å². The summed E-state index contributed by atoms with van der Waals surface area (Å²) in [5, 5.41) is 13.5. The number of amides is 1. The summed E-state index contributed by atoms with van der Waals surface area (Å²) in [5.74, 6) is -0.0934. The van der Waals surface area contributed by atoms with Gasteiger partial charge in [0.1, 0.15) is 0 Å². The van der Waals surface area contributed by atoms with Crippen LogP contribution in [0.5, 0.6) is 0 Å². The zero-order chi connectivity index (χ0) is 13.0. The molecule has 0 aliphatic rings. The number of rotatable bonds is 4. The van der Waals surface area contributed by atoms with E-state index in [0.29, 0.717) is 12.0 Å². The Hall–Kier alpha value is -0.920. The van der Waals surface area contributed by atoms with Gasteiger partial charge in [-0.2, -0.15) is 0 Å². The third-order valence-corrected chi connectivity index (χ3v) is 4.23. The summed E-state index contributed by atoms with van der Waals surface area (Å²) >= 11 is 3.74. The smallest absolute Gasteiger partial charge is 0.256 e. The second-order valence-electron chi connectivity index (χ2n) is 3.76. The normalized spacial score (nSPS) is 10.3. The van der Waals surface area contributed by atoms with E-state index in [0.717, 1.165) is 14.1 Å². The molecule has 0 fully saturated rings. The van der Waals surface area contributed by atoms with Crippen molar-refractivity contribution in [3.05, 3.63) is 49.7 Å². The van der Waals surface area contributed by atoms with Gasteiger partial charge in [-0.1, -0.05) is 12.1 Å². The van der Waals surface area contributed by atoms with E-state index in [2.05, 4.69) is 27.9 Å². The molecule has 1 aromatic heterocycles. The number of hydrogen-bond acceptors (Lipinski definition) is 3. The fraction of sp³-hybridized carbons (Fsp3) is 0.154. The van der Waals surface area contributed by atoms with Crippen molar-refractivity contribution in [3.8, 4) is 0 Å². The maximum Gasteiger partial charge on any atom is 0.256 e. The van der Waals surface area contributed by atoms with Gasteiger partial charge in [0.25, 0.3) is 5.91 Å². The van der Waals surface area contributed by atoms with Gasteiger partial charge < -0.3 is 10.4 Å². The Bertz CT molecular complexity index is 536. The SMILES string of the molecule is O=C(Nc1ccc(CCO)cc1)c1csc(I)c1. The molecule has 0 atom stereocenters. The number of carbonyl (C=O) groups excluding carboxylic acids is 1.